The van der Waals surface area contributed by atoms with E-state index < -0.39 is 0 Å². The minimum Gasteiger partial charge on any atom is -0.484 e. The Hall–Kier alpha value is -2.63. The molecular weight excluding hydrogens is 382 g/mol. The number of nitrogens with zero attached hydrogens (tertiary/aromatic N) is 1. The molecule has 0 bridgehead atoms. The molecular formula is C21H18ClNO3S. The number of rotatable bonds is 7. The van der Waals surface area contributed by atoms with Crippen LogP contribution in [-0.2, 0) is 11.3 Å². The molecule has 0 aliphatic heterocycles. The zero-order valence-corrected chi connectivity index (χ0v) is 16.3. The molecule has 2 aromatic carbocycles. The smallest absolute Gasteiger partial charge is 0.260 e. The highest BCUT2D eigenvalue weighted by Crippen LogP contribution is 2.17. The molecule has 0 radical (unpaired) electrons. The SMILES string of the molecule is CN(Cc1ccsc1)C(=O)COc1ccc(C(=O)c2ccc(Cl)cc2)cc1. The second-order valence-corrected chi connectivity index (χ2v) is 7.25. The van der Waals surface area contributed by atoms with E-state index in [4.69, 9.17) is 16.3 Å². The van der Waals surface area contributed by atoms with Crippen molar-refractivity contribution in [3.8, 4) is 5.75 Å². The number of carbonyl (C=O) groups excluding carboxylic acids is 2. The summed E-state index contributed by atoms with van der Waals surface area (Å²) in [6, 6.07) is 15.5. The number of ether oxygens (including phenoxy) is 1. The molecule has 0 aliphatic carbocycles. The molecule has 6 heteroatoms. The van der Waals surface area contributed by atoms with E-state index in [0.29, 0.717) is 28.4 Å². The van der Waals surface area contributed by atoms with Crippen LogP contribution in [0.25, 0.3) is 0 Å². The van der Waals surface area contributed by atoms with E-state index in [2.05, 4.69) is 0 Å². The normalized spacial score (nSPS) is 10.4. The Kier molecular flexibility index (Phi) is 6.27. The minimum atomic E-state index is -0.109. The second-order valence-electron chi connectivity index (χ2n) is 6.03. The Morgan fingerprint density at radius 2 is 1.63 bits per heavy atom. The molecule has 0 unspecified atom stereocenters. The fourth-order valence-corrected chi connectivity index (χ4v) is 3.26. The van der Waals surface area contributed by atoms with Crippen molar-refractivity contribution in [1.29, 1.82) is 0 Å². The Labute approximate surface area is 167 Å². The third-order valence-corrected chi connectivity index (χ3v) is 4.99. The van der Waals surface area contributed by atoms with Crippen LogP contribution < -0.4 is 4.74 Å². The highest BCUT2D eigenvalue weighted by atomic mass is 35.5. The van der Waals surface area contributed by atoms with Gasteiger partial charge in [0.2, 0.25) is 0 Å². The molecule has 138 valence electrons. The molecule has 0 spiro atoms. The second kappa shape index (κ2) is 8.84. The van der Waals surface area contributed by atoms with E-state index in [-0.39, 0.29) is 18.3 Å². The maximum atomic E-state index is 12.4. The van der Waals surface area contributed by atoms with Gasteiger partial charge < -0.3 is 9.64 Å². The van der Waals surface area contributed by atoms with Gasteiger partial charge in [-0.15, -0.1) is 0 Å². The van der Waals surface area contributed by atoms with Gasteiger partial charge in [0.15, 0.2) is 12.4 Å². The van der Waals surface area contributed by atoms with Crippen molar-refractivity contribution in [3.63, 3.8) is 0 Å². The summed E-state index contributed by atoms with van der Waals surface area (Å²) in [6.45, 7) is 0.505. The molecule has 0 aliphatic rings. The molecule has 27 heavy (non-hydrogen) atoms. The van der Waals surface area contributed by atoms with Crippen molar-refractivity contribution in [2.75, 3.05) is 13.7 Å². The van der Waals surface area contributed by atoms with Gasteiger partial charge in [-0.05, 0) is 70.9 Å². The first-order valence-corrected chi connectivity index (χ1v) is 9.63. The van der Waals surface area contributed by atoms with Gasteiger partial charge in [-0.2, -0.15) is 11.3 Å². The molecule has 4 nitrogen and oxygen atoms in total. The van der Waals surface area contributed by atoms with Crippen molar-refractivity contribution >= 4 is 34.6 Å². The van der Waals surface area contributed by atoms with E-state index in [1.807, 2.05) is 16.8 Å². The lowest BCUT2D eigenvalue weighted by Gasteiger charge is -2.16. The third kappa shape index (κ3) is 5.18. The van der Waals surface area contributed by atoms with Gasteiger partial charge in [-0.1, -0.05) is 11.6 Å². The van der Waals surface area contributed by atoms with Crippen molar-refractivity contribution in [2.45, 2.75) is 6.54 Å². The van der Waals surface area contributed by atoms with Crippen LogP contribution in [0.5, 0.6) is 5.75 Å². The van der Waals surface area contributed by atoms with Gasteiger partial charge >= 0.3 is 0 Å². The van der Waals surface area contributed by atoms with Crippen LogP contribution in [0.3, 0.4) is 0 Å². The van der Waals surface area contributed by atoms with Crippen LogP contribution in [0.4, 0.5) is 0 Å². The molecule has 3 rings (SSSR count). The van der Waals surface area contributed by atoms with Crippen molar-refractivity contribution in [2.24, 2.45) is 0 Å². The minimum absolute atomic E-state index is 0.0505. The molecule has 0 atom stereocenters. The van der Waals surface area contributed by atoms with Crippen LogP contribution in [0, 0.1) is 0 Å². The maximum Gasteiger partial charge on any atom is 0.260 e. The predicted octanol–water partition coefficient (Wildman–Crippen LogP) is 4.67. The van der Waals surface area contributed by atoms with E-state index in [9.17, 15) is 9.59 Å². The van der Waals surface area contributed by atoms with E-state index in [0.717, 1.165) is 5.56 Å². The predicted molar refractivity (Wildman–Crippen MR) is 108 cm³/mol. The summed E-state index contributed by atoms with van der Waals surface area (Å²) < 4.78 is 5.55. The summed E-state index contributed by atoms with van der Waals surface area (Å²) >= 11 is 7.45. The topological polar surface area (TPSA) is 46.6 Å². The molecule has 1 aromatic heterocycles. The molecule has 3 aromatic rings. The number of amides is 1. The molecule has 0 saturated carbocycles. The highest BCUT2D eigenvalue weighted by molar-refractivity contribution is 7.07. The van der Waals surface area contributed by atoms with Crippen molar-refractivity contribution in [3.05, 3.63) is 87.1 Å². The van der Waals surface area contributed by atoms with E-state index in [1.54, 1.807) is 71.8 Å². The Bertz CT molecular complexity index is 906. The number of hydrogen-bond donors (Lipinski definition) is 0. The summed E-state index contributed by atoms with van der Waals surface area (Å²) in [7, 11) is 1.75. The molecule has 0 N–H and O–H groups in total. The summed E-state index contributed by atoms with van der Waals surface area (Å²) in [4.78, 5) is 26.2. The largest absolute Gasteiger partial charge is 0.484 e. The zero-order valence-electron chi connectivity index (χ0n) is 14.7. The van der Waals surface area contributed by atoms with E-state index >= 15 is 0 Å². The van der Waals surface area contributed by atoms with Crippen LogP contribution >= 0.6 is 22.9 Å². The van der Waals surface area contributed by atoms with Gasteiger partial charge in [0, 0.05) is 29.7 Å². The first kappa shape index (κ1) is 19.1. The number of halogens is 1. The van der Waals surface area contributed by atoms with Crippen LogP contribution in [0.15, 0.2) is 65.4 Å². The van der Waals surface area contributed by atoms with Gasteiger partial charge in [0.25, 0.3) is 5.91 Å². The number of likely N-dealkylation sites (N-methyl/N-ethyl adjacent to an activating group) is 1. The third-order valence-electron chi connectivity index (χ3n) is 4.01. The lowest BCUT2D eigenvalue weighted by molar-refractivity contribution is -0.132. The summed E-state index contributed by atoms with van der Waals surface area (Å²) in [5.41, 5.74) is 2.21. The van der Waals surface area contributed by atoms with Gasteiger partial charge in [-0.3, -0.25) is 9.59 Å². The number of ketones is 1. The number of thiophene rings is 1. The molecule has 1 amide bonds. The van der Waals surface area contributed by atoms with E-state index in [1.165, 1.54) is 0 Å². The standard InChI is InChI=1S/C21H18ClNO3S/c1-23(12-15-10-11-27-14-15)20(24)13-26-19-8-4-17(5-9-19)21(25)16-2-6-18(22)7-3-16/h2-11,14H,12-13H2,1H3. The first-order valence-electron chi connectivity index (χ1n) is 8.31. The van der Waals surface area contributed by atoms with Gasteiger partial charge in [0.05, 0.1) is 0 Å². The monoisotopic (exact) mass is 399 g/mol. The average Bonchev–Trinajstić information content (AvgIpc) is 3.19. The number of carbonyl (C=O) groups is 2. The van der Waals surface area contributed by atoms with Crippen molar-refractivity contribution < 1.29 is 14.3 Å². The summed E-state index contributed by atoms with van der Waals surface area (Å²) in [5.74, 6) is 0.340. The zero-order chi connectivity index (χ0) is 19.2. The van der Waals surface area contributed by atoms with Crippen LogP contribution in [-0.4, -0.2) is 30.2 Å². The maximum absolute atomic E-state index is 12.4. The Balaban J connectivity index is 1.55. The Morgan fingerprint density at radius 1 is 1.00 bits per heavy atom. The Morgan fingerprint density at radius 3 is 2.22 bits per heavy atom. The lowest BCUT2D eigenvalue weighted by atomic mass is 10.0. The molecule has 0 fully saturated rings. The summed E-state index contributed by atoms with van der Waals surface area (Å²) in [6.07, 6.45) is 0. The lowest BCUT2D eigenvalue weighted by Crippen LogP contribution is -2.30. The first-order chi connectivity index (χ1) is 13.0. The highest BCUT2D eigenvalue weighted by Gasteiger charge is 2.12. The average molecular weight is 400 g/mol. The summed E-state index contributed by atoms with van der Waals surface area (Å²) in [5, 5.41) is 4.59. The number of benzene rings is 2. The van der Waals surface area contributed by atoms with Crippen molar-refractivity contribution in [1.82, 2.24) is 4.90 Å². The fraction of sp³-hybridized carbons (Fsp3) is 0.143. The van der Waals surface area contributed by atoms with Crippen LogP contribution in [0.2, 0.25) is 5.02 Å². The van der Waals surface area contributed by atoms with Gasteiger partial charge in [0.1, 0.15) is 5.75 Å². The van der Waals surface area contributed by atoms with Gasteiger partial charge in [-0.25, -0.2) is 0 Å². The number of hydrogen-bond acceptors (Lipinski definition) is 4. The fourth-order valence-electron chi connectivity index (χ4n) is 2.47. The van der Waals surface area contributed by atoms with Crippen LogP contribution in [0.1, 0.15) is 21.5 Å². The molecule has 0 saturated heterocycles. The molecule has 1 heterocycles. The quantitative estimate of drug-likeness (QED) is 0.542.